The topological polar surface area (TPSA) is 88.0 Å². The van der Waals surface area contributed by atoms with E-state index in [1.807, 2.05) is 6.07 Å². The van der Waals surface area contributed by atoms with Gasteiger partial charge in [0.1, 0.15) is 0 Å². The van der Waals surface area contributed by atoms with Crippen LogP contribution < -0.4 is 14.8 Å². The molecule has 0 unspecified atom stereocenters. The van der Waals surface area contributed by atoms with Crippen LogP contribution in [-0.2, 0) is 17.6 Å². The van der Waals surface area contributed by atoms with Crippen LogP contribution in [0.15, 0.2) is 24.3 Å². The summed E-state index contributed by atoms with van der Waals surface area (Å²) < 4.78 is 42.8. The number of phenolic OH excluding ortho intramolecular Hbond substituents is 1. The van der Waals surface area contributed by atoms with Crippen LogP contribution in [0.5, 0.6) is 17.2 Å². The monoisotopic (exact) mass is 411 g/mol. The minimum atomic E-state index is -5.08. The summed E-state index contributed by atoms with van der Waals surface area (Å²) in [7, 11) is 3.20. The predicted octanol–water partition coefficient (Wildman–Crippen LogP) is 3.45. The number of hydrogen-bond acceptors (Lipinski definition) is 5. The van der Waals surface area contributed by atoms with Crippen molar-refractivity contribution in [3.63, 3.8) is 0 Å². The van der Waals surface area contributed by atoms with Crippen LogP contribution in [0.1, 0.15) is 22.7 Å². The maximum absolute atomic E-state index is 10.6. The molecule has 2 aliphatic rings. The van der Waals surface area contributed by atoms with Crippen molar-refractivity contribution in [2.45, 2.75) is 25.1 Å². The molecule has 0 bridgehead atoms. The number of phenols is 1. The van der Waals surface area contributed by atoms with Crippen LogP contribution in [0.4, 0.5) is 13.2 Å². The molecule has 0 saturated heterocycles. The SMILES string of the molecule is COc1c(O)c2c3c(c1OC)-c1ccccc1C[C@H]3NCC2.O=C(O)C(F)(F)F. The maximum Gasteiger partial charge on any atom is 0.490 e. The van der Waals surface area contributed by atoms with Gasteiger partial charge >= 0.3 is 12.1 Å². The van der Waals surface area contributed by atoms with E-state index in [1.165, 1.54) is 16.7 Å². The highest BCUT2D eigenvalue weighted by Crippen LogP contribution is 2.54. The summed E-state index contributed by atoms with van der Waals surface area (Å²) in [5.74, 6) is -1.47. The Balaban J connectivity index is 0.000000298. The smallest absolute Gasteiger partial charge is 0.490 e. The fourth-order valence-electron chi connectivity index (χ4n) is 3.86. The molecular weight excluding hydrogens is 391 g/mol. The van der Waals surface area contributed by atoms with Gasteiger partial charge in [-0.3, -0.25) is 0 Å². The molecule has 1 aliphatic carbocycles. The summed E-state index contributed by atoms with van der Waals surface area (Å²) in [4.78, 5) is 8.90. The van der Waals surface area contributed by atoms with Gasteiger partial charge in [0.2, 0.25) is 5.75 Å². The van der Waals surface area contributed by atoms with Gasteiger partial charge < -0.3 is 25.0 Å². The largest absolute Gasteiger partial charge is 0.504 e. The van der Waals surface area contributed by atoms with Crippen LogP contribution in [0.2, 0.25) is 0 Å². The molecule has 0 aromatic heterocycles. The van der Waals surface area contributed by atoms with E-state index < -0.39 is 12.1 Å². The predicted molar refractivity (Wildman–Crippen MR) is 98.5 cm³/mol. The van der Waals surface area contributed by atoms with Gasteiger partial charge in [-0.2, -0.15) is 13.2 Å². The second-order valence-electron chi connectivity index (χ2n) is 6.60. The van der Waals surface area contributed by atoms with Crippen LogP contribution in [-0.4, -0.2) is 43.1 Å². The molecule has 2 aromatic carbocycles. The highest BCUT2D eigenvalue weighted by Gasteiger charge is 2.38. The lowest BCUT2D eigenvalue weighted by Crippen LogP contribution is -2.34. The molecular formula is C20H20F3NO5. The molecule has 1 aliphatic heterocycles. The quantitative estimate of drug-likeness (QED) is 0.702. The Morgan fingerprint density at radius 3 is 2.38 bits per heavy atom. The number of aromatic hydroxyl groups is 1. The number of aliphatic carboxylic acids is 1. The molecule has 9 heteroatoms. The second-order valence-corrected chi connectivity index (χ2v) is 6.60. The Kier molecular flexibility index (Phi) is 5.61. The third-order valence-electron chi connectivity index (χ3n) is 5.00. The molecule has 0 radical (unpaired) electrons. The Labute approximate surface area is 164 Å². The van der Waals surface area contributed by atoms with E-state index >= 15 is 0 Å². The molecule has 0 saturated carbocycles. The number of halogens is 3. The van der Waals surface area contributed by atoms with Crippen molar-refractivity contribution in [3.05, 3.63) is 41.0 Å². The van der Waals surface area contributed by atoms with Gasteiger partial charge in [0.05, 0.1) is 14.2 Å². The van der Waals surface area contributed by atoms with Crippen LogP contribution in [0.3, 0.4) is 0 Å². The lowest BCUT2D eigenvalue weighted by Gasteiger charge is -2.36. The van der Waals surface area contributed by atoms with E-state index in [9.17, 15) is 18.3 Å². The number of benzene rings is 2. The third-order valence-corrected chi connectivity index (χ3v) is 5.00. The van der Waals surface area contributed by atoms with Crippen molar-refractivity contribution in [2.75, 3.05) is 20.8 Å². The number of rotatable bonds is 2. The molecule has 4 rings (SSSR count). The first kappa shape index (κ1) is 20.8. The highest BCUT2D eigenvalue weighted by atomic mass is 19.4. The Morgan fingerprint density at radius 2 is 1.79 bits per heavy atom. The zero-order chi connectivity index (χ0) is 21.3. The molecule has 1 atom stereocenters. The van der Waals surface area contributed by atoms with E-state index in [2.05, 4.69) is 23.5 Å². The Bertz CT molecular complexity index is 943. The van der Waals surface area contributed by atoms with E-state index in [4.69, 9.17) is 19.4 Å². The first-order chi connectivity index (χ1) is 13.7. The van der Waals surface area contributed by atoms with E-state index in [1.54, 1.807) is 14.2 Å². The number of methoxy groups -OCH3 is 2. The number of carbonyl (C=O) groups is 1. The van der Waals surface area contributed by atoms with Gasteiger partial charge in [-0.05, 0) is 36.1 Å². The zero-order valence-corrected chi connectivity index (χ0v) is 15.8. The molecule has 3 N–H and O–H groups in total. The van der Waals surface area contributed by atoms with Crippen LogP contribution in [0, 0.1) is 0 Å². The maximum atomic E-state index is 10.6. The second kappa shape index (κ2) is 7.82. The molecule has 2 aromatic rings. The molecule has 156 valence electrons. The average Bonchev–Trinajstić information content (AvgIpc) is 2.69. The lowest BCUT2D eigenvalue weighted by molar-refractivity contribution is -0.192. The van der Waals surface area contributed by atoms with Crippen LogP contribution >= 0.6 is 0 Å². The summed E-state index contributed by atoms with van der Waals surface area (Å²) in [5.41, 5.74) is 5.69. The lowest BCUT2D eigenvalue weighted by atomic mass is 9.77. The minimum Gasteiger partial charge on any atom is -0.504 e. The van der Waals surface area contributed by atoms with Gasteiger partial charge in [0, 0.05) is 17.2 Å². The number of carboxylic acid groups (broad SMARTS) is 1. The van der Waals surface area contributed by atoms with Crippen molar-refractivity contribution in [1.29, 1.82) is 0 Å². The third kappa shape index (κ3) is 3.69. The van der Waals surface area contributed by atoms with Gasteiger partial charge in [-0.25, -0.2) is 4.79 Å². The minimum absolute atomic E-state index is 0.222. The van der Waals surface area contributed by atoms with Crippen molar-refractivity contribution < 1.29 is 37.7 Å². The number of ether oxygens (including phenoxy) is 2. The van der Waals surface area contributed by atoms with Gasteiger partial charge in [-0.15, -0.1) is 0 Å². The first-order valence-electron chi connectivity index (χ1n) is 8.82. The molecule has 6 nitrogen and oxygen atoms in total. The number of nitrogens with one attached hydrogen (secondary N) is 1. The van der Waals surface area contributed by atoms with E-state index in [0.29, 0.717) is 11.5 Å². The summed E-state index contributed by atoms with van der Waals surface area (Å²) in [5, 5.41) is 21.3. The van der Waals surface area contributed by atoms with E-state index in [-0.39, 0.29) is 11.8 Å². The Morgan fingerprint density at radius 1 is 1.17 bits per heavy atom. The van der Waals surface area contributed by atoms with Crippen molar-refractivity contribution in [1.82, 2.24) is 5.32 Å². The summed E-state index contributed by atoms with van der Waals surface area (Å²) in [6, 6.07) is 8.61. The van der Waals surface area contributed by atoms with Crippen molar-refractivity contribution in [3.8, 4) is 28.4 Å². The molecule has 1 heterocycles. The fraction of sp³-hybridized carbons (Fsp3) is 0.350. The normalized spacial score (nSPS) is 16.7. The van der Waals surface area contributed by atoms with Crippen LogP contribution in [0.25, 0.3) is 11.1 Å². The van der Waals surface area contributed by atoms with Gasteiger partial charge in [0.15, 0.2) is 11.5 Å². The first-order valence-corrected chi connectivity index (χ1v) is 8.82. The van der Waals surface area contributed by atoms with E-state index in [0.717, 1.165) is 30.5 Å². The highest BCUT2D eigenvalue weighted by molar-refractivity contribution is 5.85. The van der Waals surface area contributed by atoms with Gasteiger partial charge in [-0.1, -0.05) is 24.3 Å². The summed E-state index contributed by atoms with van der Waals surface area (Å²) in [6.07, 6.45) is -3.35. The number of hydrogen-bond donors (Lipinski definition) is 3. The number of alkyl halides is 3. The molecule has 0 amide bonds. The van der Waals surface area contributed by atoms with Crippen molar-refractivity contribution in [2.24, 2.45) is 0 Å². The molecule has 29 heavy (non-hydrogen) atoms. The standard InChI is InChI=1S/C18H19NO3.C2HF3O2/c1-21-17-15-11-6-4-3-5-10(11)9-13-14(15)12(7-8-19-13)16(20)18(17)22-2;3-2(4,5)1(6)7/h3-6,13,19-20H,7-9H2,1-2H3;(H,6,7)/t13-;/m1./s1. The summed E-state index contributed by atoms with van der Waals surface area (Å²) in [6.45, 7) is 0.863. The number of carboxylic acids is 1. The van der Waals surface area contributed by atoms with Gasteiger partial charge in [0.25, 0.3) is 0 Å². The zero-order valence-electron chi connectivity index (χ0n) is 15.8. The van der Waals surface area contributed by atoms with Crippen molar-refractivity contribution >= 4 is 5.97 Å². The summed E-state index contributed by atoms with van der Waals surface area (Å²) >= 11 is 0. The Hall–Kier alpha value is -2.94. The molecule has 0 spiro atoms. The fourth-order valence-corrected chi connectivity index (χ4v) is 3.86. The molecule has 0 fully saturated rings. The average molecular weight is 411 g/mol. The number of fused-ring (bicyclic) bond motifs is 2.